The molecule has 0 spiro atoms. The van der Waals surface area contributed by atoms with E-state index < -0.39 is 0 Å². The summed E-state index contributed by atoms with van der Waals surface area (Å²) < 4.78 is 0. The zero-order chi connectivity index (χ0) is 16.0. The molecule has 2 heteroatoms. The lowest BCUT2D eigenvalue weighted by molar-refractivity contribution is -0.110. The summed E-state index contributed by atoms with van der Waals surface area (Å²) in [7, 11) is 0. The molecule has 2 rings (SSSR count). The van der Waals surface area contributed by atoms with Crippen molar-refractivity contribution in [2.75, 3.05) is 0 Å². The molecule has 0 aliphatic heterocycles. The van der Waals surface area contributed by atoms with Crippen molar-refractivity contribution in [3.8, 4) is 0 Å². The molecule has 1 aromatic carbocycles. The summed E-state index contributed by atoms with van der Waals surface area (Å²) in [6.45, 7) is 15.6. The molecule has 2 nitrogen and oxygen atoms in total. The topological polar surface area (TPSA) is 29.1 Å². The number of nitrogens with one attached hydrogen (secondary N) is 1. The van der Waals surface area contributed by atoms with E-state index in [1.807, 2.05) is 12.1 Å². The zero-order valence-electron chi connectivity index (χ0n) is 14.4. The first-order valence-electron chi connectivity index (χ1n) is 7.99. The molecule has 0 aromatic heterocycles. The van der Waals surface area contributed by atoms with Gasteiger partial charge in [-0.2, -0.15) is 0 Å². The normalized spacial score (nSPS) is 26.3. The van der Waals surface area contributed by atoms with Crippen LogP contribution in [0.2, 0.25) is 0 Å². The first-order chi connectivity index (χ1) is 9.58. The summed E-state index contributed by atoms with van der Waals surface area (Å²) in [6.07, 6.45) is 0. The third-order valence-corrected chi connectivity index (χ3v) is 5.84. The van der Waals surface area contributed by atoms with Crippen LogP contribution in [-0.4, -0.2) is 11.9 Å². The predicted molar refractivity (Wildman–Crippen MR) is 90.6 cm³/mol. The first-order valence-corrected chi connectivity index (χ1v) is 7.99. The highest BCUT2D eigenvalue weighted by molar-refractivity contribution is 5.94. The molecule has 0 heterocycles. The van der Waals surface area contributed by atoms with Crippen LogP contribution in [0.3, 0.4) is 0 Å². The zero-order valence-corrected chi connectivity index (χ0v) is 14.4. The van der Waals surface area contributed by atoms with E-state index in [4.69, 9.17) is 0 Å². The van der Waals surface area contributed by atoms with Gasteiger partial charge in [0.05, 0.1) is 0 Å². The Morgan fingerprint density at radius 1 is 1.10 bits per heavy atom. The minimum atomic E-state index is 0. The third-order valence-electron chi connectivity index (χ3n) is 5.84. The predicted octanol–water partition coefficient (Wildman–Crippen LogP) is 4.86. The molecule has 0 unspecified atom stereocenters. The lowest BCUT2D eigenvalue weighted by Gasteiger charge is -2.63. The summed E-state index contributed by atoms with van der Waals surface area (Å²) in [4.78, 5) is 12.5. The maximum atomic E-state index is 12.5. The van der Waals surface area contributed by atoms with Crippen LogP contribution in [0.15, 0.2) is 24.3 Å². The molecular formula is C19H31NO. The average Bonchev–Trinajstić information content (AvgIpc) is 2.43. The van der Waals surface area contributed by atoms with Crippen LogP contribution in [-0.2, 0) is 0 Å². The fraction of sp³-hybridized carbons (Fsp3) is 0.632. The number of rotatable bonds is 3. The van der Waals surface area contributed by atoms with Gasteiger partial charge in [-0.05, 0) is 40.4 Å². The van der Waals surface area contributed by atoms with Crippen molar-refractivity contribution in [3.05, 3.63) is 35.4 Å². The van der Waals surface area contributed by atoms with Crippen LogP contribution in [0.5, 0.6) is 0 Å². The van der Waals surface area contributed by atoms with Gasteiger partial charge in [0.1, 0.15) is 0 Å². The Labute approximate surface area is 130 Å². The minimum absolute atomic E-state index is 0. The minimum Gasteiger partial charge on any atom is -0.348 e. The van der Waals surface area contributed by atoms with Gasteiger partial charge in [-0.25, -0.2) is 0 Å². The van der Waals surface area contributed by atoms with Gasteiger partial charge in [0.15, 0.2) is 0 Å². The Bertz CT molecular complexity index is 515. The average molecular weight is 289 g/mol. The van der Waals surface area contributed by atoms with Crippen LogP contribution in [0.1, 0.15) is 71.7 Å². The molecule has 1 saturated carbocycles. The van der Waals surface area contributed by atoms with Crippen LogP contribution in [0, 0.1) is 16.7 Å². The second-order valence-electron chi connectivity index (χ2n) is 8.05. The van der Waals surface area contributed by atoms with E-state index in [-0.39, 0.29) is 24.2 Å². The summed E-state index contributed by atoms with van der Waals surface area (Å²) in [5, 5.41) is 3.25. The highest BCUT2D eigenvalue weighted by Gasteiger charge is 2.59. The highest BCUT2D eigenvalue weighted by atomic mass is 16.1. The second-order valence-corrected chi connectivity index (χ2v) is 8.05. The summed E-state index contributed by atoms with van der Waals surface area (Å²) in [6, 6.07) is 8.20. The Morgan fingerprint density at radius 3 is 2.00 bits per heavy atom. The van der Waals surface area contributed by atoms with E-state index in [0.717, 1.165) is 5.56 Å². The van der Waals surface area contributed by atoms with Gasteiger partial charge in [-0.3, -0.25) is 4.79 Å². The van der Waals surface area contributed by atoms with E-state index in [1.54, 1.807) is 0 Å². The lowest BCUT2D eigenvalue weighted by Crippen LogP contribution is -2.69. The SMILES string of the molecule is CC(C)c1ccc(C(=O)NC2C(C)(C)C(C)C2(C)C)cc1.[HH]. The molecule has 0 radical (unpaired) electrons. The highest BCUT2D eigenvalue weighted by Crippen LogP contribution is 2.58. The molecular weight excluding hydrogens is 258 g/mol. The first kappa shape index (κ1) is 16.1. The number of hydrogen-bond donors (Lipinski definition) is 1. The summed E-state index contributed by atoms with van der Waals surface area (Å²) in [5.74, 6) is 1.13. The molecule has 0 saturated heterocycles. The van der Waals surface area contributed by atoms with Crippen molar-refractivity contribution in [1.29, 1.82) is 0 Å². The fourth-order valence-electron chi connectivity index (χ4n) is 3.93. The van der Waals surface area contributed by atoms with Crippen LogP contribution in [0.4, 0.5) is 0 Å². The number of hydrogen-bond acceptors (Lipinski definition) is 1. The van der Waals surface area contributed by atoms with Crippen molar-refractivity contribution in [2.45, 2.75) is 60.4 Å². The van der Waals surface area contributed by atoms with Gasteiger partial charge in [-0.1, -0.05) is 60.6 Å². The Hall–Kier alpha value is -1.31. The van der Waals surface area contributed by atoms with E-state index in [2.05, 4.69) is 65.9 Å². The third kappa shape index (κ3) is 2.61. The van der Waals surface area contributed by atoms with Crippen LogP contribution in [0.25, 0.3) is 0 Å². The molecule has 1 aliphatic carbocycles. The summed E-state index contributed by atoms with van der Waals surface area (Å²) >= 11 is 0. The lowest BCUT2D eigenvalue weighted by atomic mass is 9.45. The Kier molecular flexibility index (Phi) is 3.94. The van der Waals surface area contributed by atoms with Crippen molar-refractivity contribution in [1.82, 2.24) is 5.32 Å². The van der Waals surface area contributed by atoms with Crippen molar-refractivity contribution in [3.63, 3.8) is 0 Å². The maximum Gasteiger partial charge on any atom is 0.251 e. The van der Waals surface area contributed by atoms with Crippen LogP contribution < -0.4 is 5.32 Å². The molecule has 1 N–H and O–H groups in total. The number of amides is 1. The molecule has 1 fully saturated rings. The fourth-order valence-corrected chi connectivity index (χ4v) is 3.93. The molecule has 0 bridgehead atoms. The van der Waals surface area contributed by atoms with Crippen LogP contribution >= 0.6 is 0 Å². The molecule has 21 heavy (non-hydrogen) atoms. The quantitative estimate of drug-likeness (QED) is 0.846. The van der Waals surface area contributed by atoms with Gasteiger partial charge in [0, 0.05) is 13.0 Å². The smallest absolute Gasteiger partial charge is 0.251 e. The summed E-state index contributed by atoms with van der Waals surface area (Å²) in [5.41, 5.74) is 2.32. The van der Waals surface area contributed by atoms with Crippen molar-refractivity contribution >= 4 is 5.91 Å². The molecule has 1 aliphatic rings. The molecule has 118 valence electrons. The Balaban J connectivity index is 0.00000242. The van der Waals surface area contributed by atoms with E-state index in [0.29, 0.717) is 11.8 Å². The van der Waals surface area contributed by atoms with E-state index in [1.165, 1.54) is 5.56 Å². The van der Waals surface area contributed by atoms with Gasteiger partial charge in [0.25, 0.3) is 5.91 Å². The number of carbonyl (C=O) groups excluding carboxylic acids is 1. The van der Waals surface area contributed by atoms with Gasteiger partial charge >= 0.3 is 0 Å². The van der Waals surface area contributed by atoms with Gasteiger partial charge in [-0.15, -0.1) is 0 Å². The molecule has 1 amide bonds. The monoisotopic (exact) mass is 289 g/mol. The number of benzene rings is 1. The molecule has 1 aromatic rings. The number of carbonyl (C=O) groups is 1. The largest absolute Gasteiger partial charge is 0.348 e. The van der Waals surface area contributed by atoms with Gasteiger partial charge in [0.2, 0.25) is 0 Å². The Morgan fingerprint density at radius 2 is 1.57 bits per heavy atom. The van der Waals surface area contributed by atoms with E-state index >= 15 is 0 Å². The van der Waals surface area contributed by atoms with Gasteiger partial charge < -0.3 is 5.32 Å². The maximum absolute atomic E-state index is 12.5. The second kappa shape index (κ2) is 5.15. The molecule has 0 atom stereocenters. The van der Waals surface area contributed by atoms with Crippen molar-refractivity contribution < 1.29 is 6.22 Å². The van der Waals surface area contributed by atoms with E-state index in [9.17, 15) is 4.79 Å². The van der Waals surface area contributed by atoms with Crippen molar-refractivity contribution in [2.24, 2.45) is 16.7 Å². The standard InChI is InChI=1S/C19H29NO.H2/c1-12(2)14-8-10-15(11-9-14)16(21)20-17-18(4,5)13(3)19(17,6)7;/h8-13,17H,1-7H3,(H,20,21);1H.